The highest BCUT2D eigenvalue weighted by molar-refractivity contribution is 9.12. The summed E-state index contributed by atoms with van der Waals surface area (Å²) in [6, 6.07) is 33.9. The summed E-state index contributed by atoms with van der Waals surface area (Å²) >= 11 is 11.3. The van der Waals surface area contributed by atoms with Crippen LogP contribution < -0.4 is 22.5 Å². The van der Waals surface area contributed by atoms with Gasteiger partial charge in [-0.1, -0.05) is 58.4 Å². The average Bonchev–Trinajstić information content (AvgIpc) is 4.28. The van der Waals surface area contributed by atoms with Gasteiger partial charge in [0.1, 0.15) is 32.6 Å². The third-order valence-corrected chi connectivity index (χ3v) is 18.4. The maximum absolute atomic E-state index is 9.13. The van der Waals surface area contributed by atoms with Crippen LogP contribution in [0.2, 0.25) is 0 Å². The maximum atomic E-state index is 9.13. The fraction of sp³-hybridized carbons (Fsp3) is 0.316. The Kier molecular flexibility index (Phi) is 18.2. The first-order valence-corrected chi connectivity index (χ1v) is 29.3. The van der Waals surface area contributed by atoms with Gasteiger partial charge in [0.2, 0.25) is 0 Å². The fourth-order valence-electron chi connectivity index (χ4n) is 9.45. The number of alkyl halides is 1. The zero-order valence-electron chi connectivity index (χ0n) is 42.9. The molecular formula is C57H57Br2N15S3. The first-order chi connectivity index (χ1) is 37.1. The number of benzene rings is 3. The van der Waals surface area contributed by atoms with Crippen molar-refractivity contribution in [1.82, 2.24) is 15.1 Å². The molecule has 20 heteroatoms. The zero-order valence-corrected chi connectivity index (χ0v) is 48.5. The van der Waals surface area contributed by atoms with Crippen LogP contribution in [-0.2, 0) is 16.6 Å². The Balaban J connectivity index is 0.000000149. The summed E-state index contributed by atoms with van der Waals surface area (Å²) in [4.78, 5) is 36.0. The van der Waals surface area contributed by atoms with Gasteiger partial charge in [-0.25, -0.2) is 14.8 Å². The highest BCUT2D eigenvalue weighted by Gasteiger charge is 2.46. The number of hydrogen-bond donors (Lipinski definition) is 4. The standard InChI is InChI=1S/C19H18BrN5S.C19H19N5S.C18H20N4S.CBrN/c1-19(16(20)17-23-6-3-7-25(17)18(22)24-19)15-9-14(11-26-15)13-5-2-4-12(8-13)10-21;1-19(10-17-22-6-3-7-24(17)18(21)23-19)16-9-15(12-25-16)14-5-2-4-13(8-14)11-20;1-18(19,11-17-21-7-4-8-22-17)16-10-14(12-23-16)13-5-3-6-15(9-13)20-2;2-1-3/h2,4-5,8-9,11,16H,3,6-7H2,1H3,(H2,22,24);2,4-5,8-9,12H,3,6-7,10H2,1H3,(H2,21,23);3,5-6,9-10,12H,4,7-8,11,19H2,1H3,(H,21,22);/t16?,19-;19-;18-;/m100./s1. The molecule has 0 radical (unpaired) electrons. The number of rotatable bonds is 8. The quantitative estimate of drug-likeness (QED) is 0.0837. The van der Waals surface area contributed by atoms with Crippen LogP contribution in [0.5, 0.6) is 0 Å². The third-order valence-electron chi connectivity index (χ3n) is 13.6. The molecule has 4 atom stereocenters. The first kappa shape index (κ1) is 56.2. The van der Waals surface area contributed by atoms with Crippen molar-refractivity contribution in [3.8, 4) is 50.5 Å². The second-order valence-corrected chi connectivity index (χ2v) is 23.4. The van der Waals surface area contributed by atoms with Crippen LogP contribution in [0.4, 0.5) is 5.69 Å². The minimum absolute atomic E-state index is 0.0282. The van der Waals surface area contributed by atoms with Crippen molar-refractivity contribution in [3.05, 3.63) is 144 Å². The molecule has 0 bridgehead atoms. The maximum Gasteiger partial charge on any atom is 0.197 e. The normalized spacial score (nSPS) is 21.0. The van der Waals surface area contributed by atoms with Gasteiger partial charge in [-0.15, -0.1) is 34.0 Å². The Morgan fingerprint density at radius 1 is 0.740 bits per heavy atom. The monoisotopic (exact) mass is 1210 g/mol. The minimum Gasteiger partial charge on any atom is -0.374 e. The number of fused-ring (bicyclic) bond motifs is 2. The van der Waals surface area contributed by atoms with Crippen molar-refractivity contribution in [2.45, 2.75) is 74.3 Å². The van der Waals surface area contributed by atoms with Gasteiger partial charge in [0.25, 0.3) is 0 Å². The zero-order chi connectivity index (χ0) is 54.7. The van der Waals surface area contributed by atoms with Crippen molar-refractivity contribution in [2.75, 3.05) is 39.3 Å². The van der Waals surface area contributed by atoms with Crippen LogP contribution in [-0.4, -0.2) is 83.3 Å². The van der Waals surface area contributed by atoms with Crippen LogP contribution in [0.3, 0.4) is 0 Å². The van der Waals surface area contributed by atoms with E-state index in [2.05, 4.69) is 119 Å². The van der Waals surface area contributed by atoms with E-state index in [1.165, 1.54) is 4.88 Å². The van der Waals surface area contributed by atoms with E-state index in [1.54, 1.807) is 39.0 Å². The second-order valence-electron chi connectivity index (χ2n) is 19.4. The molecule has 0 spiro atoms. The molecule has 3 aromatic heterocycles. The van der Waals surface area contributed by atoms with E-state index in [0.29, 0.717) is 28.7 Å². The summed E-state index contributed by atoms with van der Waals surface area (Å²) in [6.07, 6.45) is 4.59. The number of amidine groups is 3. The van der Waals surface area contributed by atoms with Crippen LogP contribution >= 0.6 is 65.9 Å². The molecule has 5 aliphatic rings. The highest BCUT2D eigenvalue weighted by Crippen LogP contribution is 2.44. The van der Waals surface area contributed by atoms with Crippen LogP contribution in [0.15, 0.2) is 132 Å². The number of nitrogens with two attached hydrogens (primary N) is 3. The molecule has 0 amide bonds. The number of hydrogen-bond acceptors (Lipinski definition) is 17. The van der Waals surface area contributed by atoms with E-state index in [-0.39, 0.29) is 10.4 Å². The second kappa shape index (κ2) is 25.0. The van der Waals surface area contributed by atoms with Gasteiger partial charge in [-0.05, 0) is 138 Å². The van der Waals surface area contributed by atoms with Crippen LogP contribution in [0, 0.1) is 39.5 Å². The predicted molar refractivity (Wildman–Crippen MR) is 323 cm³/mol. The topological polar surface area (TPSA) is 234 Å². The molecule has 0 fully saturated rings. The van der Waals surface area contributed by atoms with Crippen molar-refractivity contribution in [3.63, 3.8) is 0 Å². The lowest BCUT2D eigenvalue weighted by Crippen LogP contribution is -2.57. The van der Waals surface area contributed by atoms with E-state index < -0.39 is 11.1 Å². The third kappa shape index (κ3) is 13.1. The molecule has 5 aliphatic heterocycles. The molecule has 0 saturated heterocycles. The van der Waals surface area contributed by atoms with Gasteiger partial charge in [0.15, 0.2) is 17.6 Å². The Labute approximate surface area is 479 Å². The van der Waals surface area contributed by atoms with Crippen LogP contribution in [0.1, 0.15) is 78.6 Å². The summed E-state index contributed by atoms with van der Waals surface area (Å²) in [7, 11) is 0. The summed E-state index contributed by atoms with van der Waals surface area (Å²) in [5, 5.41) is 35.1. The molecule has 392 valence electrons. The lowest BCUT2D eigenvalue weighted by atomic mass is 9.92. The molecule has 0 saturated carbocycles. The molecule has 6 aromatic rings. The molecule has 11 rings (SSSR count). The highest BCUT2D eigenvalue weighted by atomic mass is 79.9. The van der Waals surface area contributed by atoms with Crippen molar-refractivity contribution < 1.29 is 0 Å². The first-order valence-electron chi connectivity index (χ1n) is 24.9. The average molecular weight is 1210 g/mol. The predicted octanol–water partition coefficient (Wildman–Crippen LogP) is 11.8. The number of guanidine groups is 2. The lowest BCUT2D eigenvalue weighted by Gasteiger charge is -2.42. The lowest BCUT2D eigenvalue weighted by molar-refractivity contribution is 0.429. The number of nitrogens with zero attached hydrogens (tertiary/aromatic N) is 11. The molecule has 0 aliphatic carbocycles. The molecule has 1 unspecified atom stereocenters. The van der Waals surface area contributed by atoms with E-state index in [4.69, 9.17) is 54.5 Å². The van der Waals surface area contributed by atoms with Gasteiger partial charge in [-0.2, -0.15) is 15.8 Å². The van der Waals surface area contributed by atoms with Gasteiger partial charge < -0.3 is 27.4 Å². The van der Waals surface area contributed by atoms with Crippen LogP contribution in [0.25, 0.3) is 38.2 Å². The summed E-state index contributed by atoms with van der Waals surface area (Å²) in [6.45, 7) is 18.7. The summed E-state index contributed by atoms with van der Waals surface area (Å²) in [5.74, 6) is 4.11. The molecule has 8 heterocycles. The van der Waals surface area contributed by atoms with Crippen molar-refractivity contribution in [1.29, 1.82) is 15.8 Å². The minimum atomic E-state index is -0.507. The van der Waals surface area contributed by atoms with Crippen molar-refractivity contribution in [2.24, 2.45) is 42.2 Å². The van der Waals surface area contributed by atoms with E-state index in [9.17, 15) is 0 Å². The van der Waals surface area contributed by atoms with Gasteiger partial charge in [0.05, 0.1) is 41.2 Å². The van der Waals surface area contributed by atoms with Crippen molar-refractivity contribution >= 4 is 101 Å². The smallest absolute Gasteiger partial charge is 0.197 e. The Bertz CT molecular complexity index is 3450. The van der Waals surface area contributed by atoms with Gasteiger partial charge in [0, 0.05) is 82.7 Å². The Morgan fingerprint density at radius 3 is 1.94 bits per heavy atom. The largest absolute Gasteiger partial charge is 0.374 e. The molecule has 3 aromatic carbocycles. The number of aliphatic imine (C=N–C) groups is 5. The van der Waals surface area contributed by atoms with Gasteiger partial charge >= 0.3 is 0 Å². The molecular weight excluding hydrogens is 1150 g/mol. The summed E-state index contributed by atoms with van der Waals surface area (Å²) in [5.41, 5.74) is 26.2. The van der Waals surface area contributed by atoms with E-state index in [0.717, 1.165) is 132 Å². The fourth-order valence-corrected chi connectivity index (χ4v) is 13.4. The SMILES string of the molecule is C[C@@]1(c2cc(-c3cccc(C#N)c3)cs2)CC2=NCCCN2C(N)=N1.C[C@]1(c2cc(-c3cccc(C#N)c3)cs2)N=C(N)N2CCCN=C2C1Br.N#CBr.[C-]#[N+]c1cccc(-c2csc([C@@](C)(N)CC3=NCCCN3)c2)c1. The number of halogens is 2. The van der Waals surface area contributed by atoms with E-state index in [1.807, 2.05) is 82.6 Å². The number of thiophene rings is 3. The Morgan fingerprint density at radius 2 is 1.30 bits per heavy atom. The number of nitriles is 3. The number of nitrogens with one attached hydrogen (secondary N) is 1. The molecule has 7 N–H and O–H groups in total. The van der Waals surface area contributed by atoms with Gasteiger partial charge in [-0.3, -0.25) is 19.9 Å². The molecule has 15 nitrogen and oxygen atoms in total. The summed E-state index contributed by atoms with van der Waals surface area (Å²) < 4.78 is 0. The van der Waals surface area contributed by atoms with E-state index >= 15 is 0 Å². The Hall–Kier alpha value is -7.01. The molecule has 77 heavy (non-hydrogen) atoms.